The van der Waals surface area contributed by atoms with Gasteiger partial charge in [0.2, 0.25) is 11.8 Å². The van der Waals surface area contributed by atoms with Gasteiger partial charge in [0.15, 0.2) is 5.13 Å². The number of nitrogens with zero attached hydrogens (tertiary/aromatic N) is 1. The standard InChI is InChI=1S/C14H19N3O2S/c18-12(15-10-3-1-2-4-10)7-11-8-20-14(16-11)17-13(19)9-5-6-9/h8-10H,1-7H2,(H,15,18)(H,16,17,19). The van der Waals surface area contributed by atoms with Crippen LogP contribution in [0.4, 0.5) is 5.13 Å². The summed E-state index contributed by atoms with van der Waals surface area (Å²) in [6, 6.07) is 0.343. The third-order valence-corrected chi connectivity index (χ3v) is 4.60. The number of amides is 2. The van der Waals surface area contributed by atoms with E-state index < -0.39 is 0 Å². The van der Waals surface area contributed by atoms with Gasteiger partial charge in [0, 0.05) is 17.3 Å². The summed E-state index contributed by atoms with van der Waals surface area (Å²) in [4.78, 5) is 27.8. The summed E-state index contributed by atoms with van der Waals surface area (Å²) in [6.45, 7) is 0. The van der Waals surface area contributed by atoms with Crippen LogP contribution < -0.4 is 10.6 Å². The third-order valence-electron chi connectivity index (χ3n) is 3.79. The molecule has 20 heavy (non-hydrogen) atoms. The largest absolute Gasteiger partial charge is 0.353 e. The van der Waals surface area contributed by atoms with Gasteiger partial charge in [0.05, 0.1) is 12.1 Å². The van der Waals surface area contributed by atoms with Crippen LogP contribution in [-0.4, -0.2) is 22.8 Å². The minimum absolute atomic E-state index is 0.0299. The third kappa shape index (κ3) is 3.56. The number of thiazole rings is 1. The molecule has 108 valence electrons. The lowest BCUT2D eigenvalue weighted by Gasteiger charge is -2.10. The van der Waals surface area contributed by atoms with Gasteiger partial charge in [-0.2, -0.15) is 0 Å². The predicted octanol–water partition coefficient (Wildman–Crippen LogP) is 2.09. The molecule has 1 aromatic heterocycles. The van der Waals surface area contributed by atoms with Gasteiger partial charge in [0.25, 0.3) is 0 Å². The average Bonchev–Trinajstić information content (AvgIpc) is 2.99. The lowest BCUT2D eigenvalue weighted by Crippen LogP contribution is -2.33. The van der Waals surface area contributed by atoms with E-state index in [1.54, 1.807) is 0 Å². The van der Waals surface area contributed by atoms with Crippen molar-refractivity contribution in [2.24, 2.45) is 5.92 Å². The Labute approximate surface area is 122 Å². The number of carbonyl (C=O) groups is 2. The summed E-state index contributed by atoms with van der Waals surface area (Å²) in [5.74, 6) is 0.261. The molecular weight excluding hydrogens is 274 g/mol. The van der Waals surface area contributed by atoms with Gasteiger partial charge < -0.3 is 10.6 Å². The van der Waals surface area contributed by atoms with Gasteiger partial charge in [-0.05, 0) is 25.7 Å². The summed E-state index contributed by atoms with van der Waals surface area (Å²) in [5.41, 5.74) is 0.733. The Morgan fingerprint density at radius 2 is 2.00 bits per heavy atom. The molecule has 6 heteroatoms. The Morgan fingerprint density at radius 1 is 1.25 bits per heavy atom. The summed E-state index contributed by atoms with van der Waals surface area (Å²) in [7, 11) is 0. The van der Waals surface area contributed by atoms with Crippen molar-refractivity contribution in [3.63, 3.8) is 0 Å². The topological polar surface area (TPSA) is 71.1 Å². The number of carbonyl (C=O) groups excluding carboxylic acids is 2. The molecule has 0 radical (unpaired) electrons. The van der Waals surface area contributed by atoms with E-state index in [1.807, 2.05) is 5.38 Å². The normalized spacial score (nSPS) is 19.0. The molecule has 0 aliphatic heterocycles. The quantitative estimate of drug-likeness (QED) is 0.873. The van der Waals surface area contributed by atoms with Crippen LogP contribution >= 0.6 is 11.3 Å². The highest BCUT2D eigenvalue weighted by Crippen LogP contribution is 2.30. The monoisotopic (exact) mass is 293 g/mol. The Kier molecular flexibility index (Phi) is 4.00. The maximum Gasteiger partial charge on any atom is 0.229 e. The molecule has 5 nitrogen and oxygen atoms in total. The van der Waals surface area contributed by atoms with E-state index in [1.165, 1.54) is 24.2 Å². The lowest BCUT2D eigenvalue weighted by molar-refractivity contribution is -0.121. The molecular formula is C14H19N3O2S. The minimum atomic E-state index is 0.0299. The number of anilines is 1. The van der Waals surface area contributed by atoms with Crippen LogP contribution in [0.2, 0.25) is 0 Å². The van der Waals surface area contributed by atoms with Crippen molar-refractivity contribution < 1.29 is 9.59 Å². The van der Waals surface area contributed by atoms with Crippen LogP contribution in [-0.2, 0) is 16.0 Å². The van der Waals surface area contributed by atoms with Crippen molar-refractivity contribution in [1.29, 1.82) is 0 Å². The molecule has 2 fully saturated rings. The van der Waals surface area contributed by atoms with E-state index in [9.17, 15) is 9.59 Å². The van der Waals surface area contributed by atoms with Gasteiger partial charge in [0.1, 0.15) is 0 Å². The highest BCUT2D eigenvalue weighted by molar-refractivity contribution is 7.13. The number of hydrogen-bond donors (Lipinski definition) is 2. The van der Waals surface area contributed by atoms with Crippen molar-refractivity contribution in [2.75, 3.05) is 5.32 Å². The van der Waals surface area contributed by atoms with E-state index in [2.05, 4.69) is 15.6 Å². The molecule has 2 saturated carbocycles. The fraction of sp³-hybridized carbons (Fsp3) is 0.643. The second-order valence-corrected chi connectivity index (χ2v) is 6.49. The summed E-state index contributed by atoms with van der Waals surface area (Å²) in [6.07, 6.45) is 6.85. The maximum atomic E-state index is 11.9. The molecule has 2 amide bonds. The number of aromatic nitrogens is 1. The van der Waals surface area contributed by atoms with E-state index in [0.29, 0.717) is 17.6 Å². The zero-order valence-electron chi connectivity index (χ0n) is 11.4. The van der Waals surface area contributed by atoms with E-state index in [4.69, 9.17) is 0 Å². The van der Waals surface area contributed by atoms with E-state index in [-0.39, 0.29) is 17.7 Å². The smallest absolute Gasteiger partial charge is 0.229 e. The van der Waals surface area contributed by atoms with Crippen molar-refractivity contribution in [2.45, 2.75) is 51.0 Å². The van der Waals surface area contributed by atoms with Crippen molar-refractivity contribution >= 4 is 28.3 Å². The number of nitrogens with one attached hydrogen (secondary N) is 2. The highest BCUT2D eigenvalue weighted by atomic mass is 32.1. The van der Waals surface area contributed by atoms with Crippen LogP contribution in [0.15, 0.2) is 5.38 Å². The highest BCUT2D eigenvalue weighted by Gasteiger charge is 2.30. The van der Waals surface area contributed by atoms with E-state index >= 15 is 0 Å². The zero-order valence-corrected chi connectivity index (χ0v) is 12.2. The van der Waals surface area contributed by atoms with E-state index in [0.717, 1.165) is 31.4 Å². The van der Waals surface area contributed by atoms with Crippen LogP contribution in [0.3, 0.4) is 0 Å². The van der Waals surface area contributed by atoms with Gasteiger partial charge in [-0.3, -0.25) is 9.59 Å². The molecule has 1 aromatic rings. The average molecular weight is 293 g/mol. The first kappa shape index (κ1) is 13.5. The predicted molar refractivity (Wildman–Crippen MR) is 77.6 cm³/mol. The van der Waals surface area contributed by atoms with Crippen LogP contribution in [0, 0.1) is 5.92 Å². The van der Waals surface area contributed by atoms with Gasteiger partial charge in [-0.25, -0.2) is 4.98 Å². The minimum Gasteiger partial charge on any atom is -0.353 e. The number of hydrogen-bond acceptors (Lipinski definition) is 4. The molecule has 2 aliphatic carbocycles. The molecule has 0 saturated heterocycles. The fourth-order valence-corrected chi connectivity index (χ4v) is 3.23. The lowest BCUT2D eigenvalue weighted by atomic mass is 10.2. The van der Waals surface area contributed by atoms with Crippen LogP contribution in [0.5, 0.6) is 0 Å². The first-order chi connectivity index (χ1) is 9.70. The molecule has 0 spiro atoms. The summed E-state index contributed by atoms with van der Waals surface area (Å²) in [5, 5.41) is 8.30. The second-order valence-electron chi connectivity index (χ2n) is 5.63. The van der Waals surface area contributed by atoms with Crippen molar-refractivity contribution in [3.8, 4) is 0 Å². The molecule has 0 bridgehead atoms. The molecule has 1 heterocycles. The Morgan fingerprint density at radius 3 is 2.70 bits per heavy atom. The maximum absolute atomic E-state index is 11.9. The second kappa shape index (κ2) is 5.91. The zero-order chi connectivity index (χ0) is 13.9. The molecule has 0 atom stereocenters. The number of rotatable bonds is 5. The molecule has 0 aromatic carbocycles. The Bertz CT molecular complexity index is 504. The van der Waals surface area contributed by atoms with Gasteiger partial charge >= 0.3 is 0 Å². The van der Waals surface area contributed by atoms with Crippen LogP contribution in [0.25, 0.3) is 0 Å². The summed E-state index contributed by atoms with van der Waals surface area (Å²) >= 11 is 1.38. The Balaban J connectivity index is 1.48. The summed E-state index contributed by atoms with van der Waals surface area (Å²) < 4.78 is 0. The first-order valence-electron chi connectivity index (χ1n) is 7.25. The molecule has 3 rings (SSSR count). The van der Waals surface area contributed by atoms with Crippen LogP contribution in [0.1, 0.15) is 44.2 Å². The molecule has 2 aliphatic rings. The van der Waals surface area contributed by atoms with Crippen molar-refractivity contribution in [3.05, 3.63) is 11.1 Å². The van der Waals surface area contributed by atoms with Crippen molar-refractivity contribution in [1.82, 2.24) is 10.3 Å². The van der Waals surface area contributed by atoms with Gasteiger partial charge in [-0.1, -0.05) is 12.8 Å². The van der Waals surface area contributed by atoms with Gasteiger partial charge in [-0.15, -0.1) is 11.3 Å². The fourth-order valence-electron chi connectivity index (χ4n) is 2.51. The molecule has 0 unspecified atom stereocenters. The first-order valence-corrected chi connectivity index (χ1v) is 8.13. The Hall–Kier alpha value is -1.43. The SMILES string of the molecule is O=C(Cc1csc(NC(=O)C2CC2)n1)NC1CCCC1. The molecule has 2 N–H and O–H groups in total.